The number of nitrogens with two attached hydrogens (primary N) is 1. The highest BCUT2D eigenvalue weighted by Crippen LogP contribution is 2.32. The van der Waals surface area contributed by atoms with Crippen LogP contribution in [0.4, 0.5) is 5.69 Å². The SMILES string of the molecule is COc1ccccc1-c1nnc([C@H](CC(N)=O)NS(=O)(=O)c2ccc3c(c2)CC(=O)N3C)o1. The van der Waals surface area contributed by atoms with E-state index in [-0.39, 0.29) is 29.0 Å². The molecule has 0 fully saturated rings. The number of rotatable bonds is 8. The molecule has 0 spiro atoms. The van der Waals surface area contributed by atoms with Gasteiger partial charge in [-0.3, -0.25) is 9.59 Å². The Labute approximate surface area is 189 Å². The first-order valence-electron chi connectivity index (χ1n) is 9.86. The lowest BCUT2D eigenvalue weighted by molar-refractivity contribution is -0.118. The smallest absolute Gasteiger partial charge is 0.251 e. The van der Waals surface area contributed by atoms with E-state index < -0.39 is 28.4 Å². The highest BCUT2D eigenvalue weighted by atomic mass is 32.2. The van der Waals surface area contributed by atoms with Gasteiger partial charge >= 0.3 is 0 Å². The Bertz CT molecular complexity index is 1340. The van der Waals surface area contributed by atoms with Crippen LogP contribution >= 0.6 is 0 Å². The van der Waals surface area contributed by atoms with Crippen molar-refractivity contribution in [2.24, 2.45) is 5.73 Å². The maximum absolute atomic E-state index is 13.1. The number of likely N-dealkylation sites (N-methyl/N-ethyl adjacent to an activating group) is 1. The molecule has 0 radical (unpaired) electrons. The third kappa shape index (κ3) is 4.43. The largest absolute Gasteiger partial charge is 0.496 e. The van der Waals surface area contributed by atoms with Gasteiger partial charge < -0.3 is 19.8 Å². The molecule has 1 aliphatic heterocycles. The van der Waals surface area contributed by atoms with Crippen LogP contribution in [0.5, 0.6) is 5.75 Å². The summed E-state index contributed by atoms with van der Waals surface area (Å²) in [6.07, 6.45) is -0.301. The van der Waals surface area contributed by atoms with E-state index in [9.17, 15) is 18.0 Å². The number of primary amides is 1. The predicted octanol–water partition coefficient (Wildman–Crippen LogP) is 1.16. The first-order valence-corrected chi connectivity index (χ1v) is 11.3. The summed E-state index contributed by atoms with van der Waals surface area (Å²) in [5.74, 6) is -0.448. The highest BCUT2D eigenvalue weighted by molar-refractivity contribution is 7.89. The molecule has 2 aromatic carbocycles. The number of hydrogen-bond donors (Lipinski definition) is 2. The van der Waals surface area contributed by atoms with Crippen LogP contribution in [0.2, 0.25) is 0 Å². The average Bonchev–Trinajstić information content (AvgIpc) is 3.37. The van der Waals surface area contributed by atoms with Gasteiger partial charge in [-0.2, -0.15) is 4.72 Å². The van der Waals surface area contributed by atoms with Crippen LogP contribution in [0, 0.1) is 0 Å². The normalized spacial score (nSPS) is 14.2. The second-order valence-corrected chi connectivity index (χ2v) is 9.12. The number of ether oxygens (including phenoxy) is 1. The predicted molar refractivity (Wildman–Crippen MR) is 117 cm³/mol. The summed E-state index contributed by atoms with van der Waals surface area (Å²) in [4.78, 5) is 25.0. The van der Waals surface area contributed by atoms with Gasteiger partial charge in [0.25, 0.3) is 5.89 Å². The zero-order valence-corrected chi connectivity index (χ0v) is 18.6. The zero-order valence-electron chi connectivity index (χ0n) is 17.8. The van der Waals surface area contributed by atoms with Crippen molar-refractivity contribution in [3.8, 4) is 17.2 Å². The van der Waals surface area contributed by atoms with E-state index in [1.54, 1.807) is 37.4 Å². The van der Waals surface area contributed by atoms with Gasteiger partial charge in [0.05, 0.1) is 30.4 Å². The first kappa shape index (κ1) is 22.4. The molecule has 1 aliphatic rings. The van der Waals surface area contributed by atoms with Crippen LogP contribution in [0.3, 0.4) is 0 Å². The molecule has 11 nitrogen and oxygen atoms in total. The van der Waals surface area contributed by atoms with Gasteiger partial charge in [0, 0.05) is 12.7 Å². The minimum atomic E-state index is -4.12. The van der Waals surface area contributed by atoms with Crippen molar-refractivity contribution in [2.75, 3.05) is 19.1 Å². The van der Waals surface area contributed by atoms with E-state index in [0.717, 1.165) is 0 Å². The van der Waals surface area contributed by atoms with Crippen molar-refractivity contribution in [3.63, 3.8) is 0 Å². The van der Waals surface area contributed by atoms with Crippen LogP contribution in [0.25, 0.3) is 11.5 Å². The first-order chi connectivity index (χ1) is 15.7. The highest BCUT2D eigenvalue weighted by Gasteiger charge is 2.30. The number of benzene rings is 2. The fraction of sp³-hybridized carbons (Fsp3) is 0.238. The molecular formula is C21H21N5O6S. The summed E-state index contributed by atoms with van der Waals surface area (Å²) < 4.78 is 39.5. The van der Waals surface area contributed by atoms with Gasteiger partial charge in [-0.05, 0) is 35.9 Å². The van der Waals surface area contributed by atoms with Gasteiger partial charge in [-0.1, -0.05) is 12.1 Å². The molecule has 0 aliphatic carbocycles. The number of aromatic nitrogens is 2. The number of anilines is 1. The van der Waals surface area contributed by atoms with Gasteiger partial charge in [-0.15, -0.1) is 10.2 Å². The monoisotopic (exact) mass is 471 g/mol. The van der Waals surface area contributed by atoms with Crippen LogP contribution in [-0.4, -0.2) is 44.6 Å². The topological polar surface area (TPSA) is 158 Å². The summed E-state index contributed by atoms with van der Waals surface area (Å²) in [5, 5.41) is 7.88. The number of amides is 2. The van der Waals surface area contributed by atoms with Crippen molar-refractivity contribution >= 4 is 27.5 Å². The Hall–Kier alpha value is -3.77. The Morgan fingerprint density at radius 1 is 1.27 bits per heavy atom. The number of nitrogens with one attached hydrogen (secondary N) is 1. The van der Waals surface area contributed by atoms with Crippen molar-refractivity contribution in [1.29, 1.82) is 0 Å². The standard InChI is InChI=1S/C21H21N5O6S/c1-26-16-8-7-13(9-12(16)10-19(26)28)33(29,30)25-15(11-18(22)27)21-24-23-20(32-21)14-5-3-4-6-17(14)31-2/h3-9,15,25H,10-11H2,1-2H3,(H2,22,27)/t15-/m0/s1. The summed E-state index contributed by atoms with van der Waals surface area (Å²) in [6.45, 7) is 0. The van der Waals surface area contributed by atoms with Crippen molar-refractivity contribution in [2.45, 2.75) is 23.8 Å². The zero-order chi connectivity index (χ0) is 23.8. The summed E-state index contributed by atoms with van der Waals surface area (Å²) in [5.41, 5.74) is 7.07. The quantitative estimate of drug-likeness (QED) is 0.495. The Balaban J connectivity index is 1.64. The molecule has 1 aromatic heterocycles. The van der Waals surface area contributed by atoms with Crippen LogP contribution < -0.4 is 20.1 Å². The second kappa shape index (κ2) is 8.64. The third-order valence-corrected chi connectivity index (χ3v) is 6.69. The Morgan fingerprint density at radius 3 is 2.76 bits per heavy atom. The summed E-state index contributed by atoms with van der Waals surface area (Å²) in [7, 11) is -1.01. The van der Waals surface area contributed by atoms with Crippen LogP contribution in [0.1, 0.15) is 23.9 Å². The maximum atomic E-state index is 13.1. The summed E-state index contributed by atoms with van der Waals surface area (Å²) in [6, 6.07) is 10.1. The molecule has 2 amide bonds. The van der Waals surface area contributed by atoms with E-state index in [1.807, 2.05) is 0 Å². The van der Waals surface area contributed by atoms with E-state index in [0.29, 0.717) is 22.6 Å². The lowest BCUT2D eigenvalue weighted by atomic mass is 10.2. The molecule has 0 saturated heterocycles. The second-order valence-electron chi connectivity index (χ2n) is 7.41. The van der Waals surface area contributed by atoms with E-state index in [4.69, 9.17) is 14.9 Å². The van der Waals surface area contributed by atoms with Gasteiger partial charge in [0.1, 0.15) is 11.8 Å². The average molecular weight is 471 g/mol. The molecule has 3 N–H and O–H groups in total. The molecule has 0 saturated carbocycles. The molecular weight excluding hydrogens is 450 g/mol. The van der Waals surface area contributed by atoms with Crippen molar-refractivity contribution in [3.05, 3.63) is 53.9 Å². The van der Waals surface area contributed by atoms with E-state index >= 15 is 0 Å². The van der Waals surface area contributed by atoms with Crippen molar-refractivity contribution in [1.82, 2.24) is 14.9 Å². The summed E-state index contributed by atoms with van der Waals surface area (Å²) >= 11 is 0. The van der Waals surface area contributed by atoms with E-state index in [1.165, 1.54) is 24.1 Å². The number of sulfonamides is 1. The van der Waals surface area contributed by atoms with Crippen LogP contribution in [-0.2, 0) is 26.0 Å². The number of hydrogen-bond acceptors (Lipinski definition) is 8. The fourth-order valence-electron chi connectivity index (χ4n) is 3.56. The third-order valence-electron chi connectivity index (χ3n) is 5.22. The molecule has 12 heteroatoms. The van der Waals surface area contributed by atoms with Gasteiger partial charge in [0.15, 0.2) is 0 Å². The molecule has 3 aromatic rings. The lowest BCUT2D eigenvalue weighted by Crippen LogP contribution is -2.32. The number of methoxy groups -OCH3 is 1. The van der Waals surface area contributed by atoms with Gasteiger partial charge in [-0.25, -0.2) is 8.42 Å². The van der Waals surface area contributed by atoms with Gasteiger partial charge in [0.2, 0.25) is 27.7 Å². The van der Waals surface area contributed by atoms with Crippen molar-refractivity contribution < 1.29 is 27.2 Å². The minimum absolute atomic E-state index is 0.0664. The molecule has 172 valence electrons. The molecule has 0 bridgehead atoms. The maximum Gasteiger partial charge on any atom is 0.251 e. The molecule has 4 rings (SSSR count). The number of carbonyl (C=O) groups excluding carboxylic acids is 2. The number of carbonyl (C=O) groups is 2. The number of fused-ring (bicyclic) bond motifs is 1. The minimum Gasteiger partial charge on any atom is -0.496 e. The molecule has 1 atom stereocenters. The van der Waals surface area contributed by atoms with E-state index in [2.05, 4.69) is 14.9 Å². The molecule has 0 unspecified atom stereocenters. The van der Waals surface area contributed by atoms with Crippen LogP contribution in [0.15, 0.2) is 51.8 Å². The lowest BCUT2D eigenvalue weighted by Gasteiger charge is -2.15. The Kier molecular flexibility index (Phi) is 5.87. The fourth-order valence-corrected chi connectivity index (χ4v) is 4.79. The molecule has 2 heterocycles. The molecule has 33 heavy (non-hydrogen) atoms. The number of nitrogens with zero attached hydrogens (tertiary/aromatic N) is 3. The number of para-hydroxylation sites is 1. The Morgan fingerprint density at radius 2 is 2.03 bits per heavy atom.